The van der Waals surface area contributed by atoms with Crippen LogP contribution in [0.15, 0.2) is 66.9 Å². The minimum Gasteiger partial charge on any atom is -0.493 e. The Balaban J connectivity index is 1.43. The van der Waals surface area contributed by atoms with Crippen molar-refractivity contribution in [1.82, 2.24) is 9.97 Å². The molecule has 34 heavy (non-hydrogen) atoms. The number of carbonyl (C=O) groups excluding carboxylic acids is 1. The second-order valence-electron chi connectivity index (χ2n) is 7.22. The third-order valence-corrected chi connectivity index (χ3v) is 6.40. The Morgan fingerprint density at radius 3 is 2.53 bits per heavy atom. The van der Waals surface area contributed by atoms with E-state index in [2.05, 4.69) is 15.3 Å². The predicted molar refractivity (Wildman–Crippen MR) is 134 cm³/mol. The van der Waals surface area contributed by atoms with Crippen molar-refractivity contribution in [3.63, 3.8) is 0 Å². The highest BCUT2D eigenvalue weighted by Crippen LogP contribution is 2.38. The molecule has 0 aliphatic rings. The zero-order valence-electron chi connectivity index (χ0n) is 18.2. The summed E-state index contributed by atoms with van der Waals surface area (Å²) in [5.74, 6) is 2.12. The largest absolute Gasteiger partial charge is 0.493 e. The molecule has 0 saturated carbocycles. The highest BCUT2D eigenvalue weighted by Gasteiger charge is 2.14. The van der Waals surface area contributed by atoms with Crippen molar-refractivity contribution in [3.05, 3.63) is 77.4 Å². The smallest absolute Gasteiger partial charge is 0.258 e. The van der Waals surface area contributed by atoms with E-state index in [0.717, 1.165) is 21.1 Å². The number of hydrogen-bond acceptors (Lipinski definition) is 7. The Hall–Kier alpha value is -3.88. The molecule has 0 aliphatic carbocycles. The van der Waals surface area contributed by atoms with Gasteiger partial charge in [0.05, 0.1) is 40.5 Å². The molecule has 0 atom stereocenters. The summed E-state index contributed by atoms with van der Waals surface area (Å²) in [5, 5.41) is 4.46. The van der Waals surface area contributed by atoms with Gasteiger partial charge in [-0.05, 0) is 36.4 Å². The van der Waals surface area contributed by atoms with Crippen molar-refractivity contribution in [2.24, 2.45) is 0 Å². The maximum Gasteiger partial charge on any atom is 0.258 e. The number of fused-ring (bicyclic) bond motifs is 2. The number of amides is 1. The van der Waals surface area contributed by atoms with E-state index in [1.807, 2.05) is 24.3 Å². The van der Waals surface area contributed by atoms with Crippen LogP contribution in [0.4, 0.5) is 5.13 Å². The SMILES string of the molecule is COc1cc2nccc(Oc3ccc4nc(NC(=O)c5ccccc5Cl)sc4c3)c2cc1OC. The first kappa shape index (κ1) is 21.9. The molecule has 5 rings (SSSR count). The average Bonchev–Trinajstić information content (AvgIpc) is 3.25. The monoisotopic (exact) mass is 491 g/mol. The summed E-state index contributed by atoms with van der Waals surface area (Å²) in [6.07, 6.45) is 1.68. The molecule has 1 N–H and O–H groups in total. The molecule has 0 radical (unpaired) electrons. The van der Waals surface area contributed by atoms with E-state index in [4.69, 9.17) is 25.8 Å². The lowest BCUT2D eigenvalue weighted by molar-refractivity contribution is 0.102. The number of carbonyl (C=O) groups is 1. The molecule has 0 fully saturated rings. The number of ether oxygens (including phenoxy) is 3. The van der Waals surface area contributed by atoms with Gasteiger partial charge in [-0.25, -0.2) is 4.98 Å². The molecule has 9 heteroatoms. The van der Waals surface area contributed by atoms with Gasteiger partial charge in [-0.3, -0.25) is 15.1 Å². The second-order valence-corrected chi connectivity index (χ2v) is 8.66. The molecule has 3 aromatic carbocycles. The zero-order chi connectivity index (χ0) is 23.7. The van der Waals surface area contributed by atoms with Crippen LogP contribution in [-0.2, 0) is 0 Å². The summed E-state index contributed by atoms with van der Waals surface area (Å²) in [6, 6.07) is 17.9. The Bertz CT molecular complexity index is 1540. The van der Waals surface area contributed by atoms with Gasteiger partial charge in [-0.15, -0.1) is 0 Å². The van der Waals surface area contributed by atoms with Crippen molar-refractivity contribution in [2.45, 2.75) is 0 Å². The van der Waals surface area contributed by atoms with E-state index >= 15 is 0 Å². The van der Waals surface area contributed by atoms with Crippen LogP contribution in [0.25, 0.3) is 21.1 Å². The normalized spacial score (nSPS) is 10.9. The molecule has 0 spiro atoms. The minimum absolute atomic E-state index is 0.311. The van der Waals surface area contributed by atoms with Gasteiger partial charge >= 0.3 is 0 Å². The average molecular weight is 492 g/mol. The van der Waals surface area contributed by atoms with Crippen LogP contribution in [0.3, 0.4) is 0 Å². The fourth-order valence-electron chi connectivity index (χ4n) is 3.50. The lowest BCUT2D eigenvalue weighted by atomic mass is 10.2. The van der Waals surface area contributed by atoms with Gasteiger partial charge in [-0.1, -0.05) is 35.1 Å². The summed E-state index contributed by atoms with van der Waals surface area (Å²) in [6.45, 7) is 0. The fraction of sp³-hybridized carbons (Fsp3) is 0.0800. The molecule has 0 bridgehead atoms. The van der Waals surface area contributed by atoms with Gasteiger partial charge < -0.3 is 14.2 Å². The predicted octanol–water partition coefficient (Wildman–Crippen LogP) is 6.56. The number of rotatable bonds is 6. The van der Waals surface area contributed by atoms with E-state index in [-0.39, 0.29) is 5.91 Å². The summed E-state index contributed by atoms with van der Waals surface area (Å²) in [7, 11) is 3.17. The van der Waals surface area contributed by atoms with Crippen molar-refractivity contribution >= 4 is 55.1 Å². The number of aromatic nitrogens is 2. The molecule has 7 nitrogen and oxygen atoms in total. The van der Waals surface area contributed by atoms with Gasteiger partial charge in [0.1, 0.15) is 11.5 Å². The number of hydrogen-bond donors (Lipinski definition) is 1. The molecular formula is C25H18ClN3O4S. The number of anilines is 1. The van der Waals surface area contributed by atoms with Crippen LogP contribution in [-0.4, -0.2) is 30.1 Å². The summed E-state index contributed by atoms with van der Waals surface area (Å²) >= 11 is 7.48. The molecule has 2 aromatic heterocycles. The number of nitrogens with one attached hydrogen (secondary N) is 1. The van der Waals surface area contributed by atoms with E-state index in [0.29, 0.717) is 38.7 Å². The lowest BCUT2D eigenvalue weighted by Crippen LogP contribution is -2.11. The van der Waals surface area contributed by atoms with Gasteiger partial charge in [0.2, 0.25) is 0 Å². The van der Waals surface area contributed by atoms with E-state index in [1.54, 1.807) is 56.8 Å². The maximum atomic E-state index is 12.6. The number of pyridine rings is 1. The van der Waals surface area contributed by atoms with Crippen molar-refractivity contribution in [3.8, 4) is 23.0 Å². The van der Waals surface area contributed by atoms with Crippen LogP contribution >= 0.6 is 22.9 Å². The van der Waals surface area contributed by atoms with Crippen LogP contribution in [0.2, 0.25) is 5.02 Å². The molecule has 0 aliphatic heterocycles. The van der Waals surface area contributed by atoms with E-state index in [1.165, 1.54) is 11.3 Å². The summed E-state index contributed by atoms with van der Waals surface area (Å²) in [4.78, 5) is 21.5. The molecular weight excluding hydrogens is 474 g/mol. The van der Waals surface area contributed by atoms with Crippen LogP contribution in [0.1, 0.15) is 10.4 Å². The third-order valence-electron chi connectivity index (χ3n) is 5.13. The quantitative estimate of drug-likeness (QED) is 0.289. The van der Waals surface area contributed by atoms with E-state index < -0.39 is 0 Å². The van der Waals surface area contributed by atoms with Crippen molar-refractivity contribution in [1.29, 1.82) is 0 Å². The Morgan fingerprint density at radius 2 is 1.74 bits per heavy atom. The number of methoxy groups -OCH3 is 2. The van der Waals surface area contributed by atoms with Crippen LogP contribution in [0.5, 0.6) is 23.0 Å². The second kappa shape index (κ2) is 9.17. The van der Waals surface area contributed by atoms with Gasteiger partial charge in [-0.2, -0.15) is 0 Å². The Kier molecular flexibility index (Phi) is 5.91. The molecule has 5 aromatic rings. The molecule has 0 saturated heterocycles. The first-order valence-electron chi connectivity index (χ1n) is 10.2. The van der Waals surface area contributed by atoms with Gasteiger partial charge in [0.25, 0.3) is 5.91 Å². The number of benzene rings is 3. The Morgan fingerprint density at radius 1 is 0.941 bits per heavy atom. The highest BCUT2D eigenvalue weighted by atomic mass is 35.5. The topological polar surface area (TPSA) is 82.6 Å². The molecule has 1 amide bonds. The van der Waals surface area contributed by atoms with Crippen molar-refractivity contribution < 1.29 is 19.0 Å². The highest BCUT2D eigenvalue weighted by molar-refractivity contribution is 7.22. The zero-order valence-corrected chi connectivity index (χ0v) is 19.7. The fourth-order valence-corrected chi connectivity index (χ4v) is 4.61. The lowest BCUT2D eigenvalue weighted by Gasteiger charge is -2.12. The number of halogens is 1. The first-order valence-corrected chi connectivity index (χ1v) is 11.4. The molecule has 170 valence electrons. The van der Waals surface area contributed by atoms with Crippen molar-refractivity contribution in [2.75, 3.05) is 19.5 Å². The summed E-state index contributed by atoms with van der Waals surface area (Å²) in [5.41, 5.74) is 1.86. The van der Waals surface area contributed by atoms with Gasteiger partial charge in [0.15, 0.2) is 16.6 Å². The van der Waals surface area contributed by atoms with Crippen LogP contribution in [0, 0.1) is 0 Å². The first-order chi connectivity index (χ1) is 16.6. The van der Waals surface area contributed by atoms with Crippen LogP contribution < -0.4 is 19.5 Å². The van der Waals surface area contributed by atoms with E-state index in [9.17, 15) is 4.79 Å². The molecule has 0 unspecified atom stereocenters. The maximum absolute atomic E-state index is 12.6. The minimum atomic E-state index is -0.311. The number of thiazole rings is 1. The Labute approximate surface area is 203 Å². The molecule has 2 heterocycles. The standard InChI is InChI=1S/C25H18ClN3O4S/c1-31-21-12-16-19(13-22(21)32-2)27-10-9-20(16)33-14-7-8-18-23(11-14)34-25(28-18)29-24(30)15-5-3-4-6-17(15)26/h3-13H,1-2H3,(H,28,29,30). The summed E-state index contributed by atoms with van der Waals surface area (Å²) < 4.78 is 17.8. The van der Waals surface area contributed by atoms with Gasteiger partial charge in [0, 0.05) is 23.7 Å². The number of nitrogens with zero attached hydrogens (tertiary/aromatic N) is 2. The third kappa shape index (κ3) is 4.21.